The Morgan fingerprint density at radius 1 is 0.721 bits per heavy atom. The summed E-state index contributed by atoms with van der Waals surface area (Å²) in [5, 5.41) is 0. The number of Topliss-reactive ketones (excluding diaryl/α,β-unsaturated/α-hetero) is 2. The van der Waals surface area contributed by atoms with E-state index in [4.69, 9.17) is 18.9 Å². The fourth-order valence-electron chi connectivity index (χ4n) is 4.33. The van der Waals surface area contributed by atoms with Crippen LogP contribution in [-0.2, 0) is 20.8 Å². The van der Waals surface area contributed by atoms with Gasteiger partial charge in [-0.1, -0.05) is 77.5 Å². The summed E-state index contributed by atoms with van der Waals surface area (Å²) >= 11 is 0. The first-order chi connectivity index (χ1) is 20.8. The Balaban J connectivity index is 0.000000229. The molecule has 2 heterocycles. The van der Waals surface area contributed by atoms with Gasteiger partial charge in [-0.15, -0.1) is 0 Å². The van der Waals surface area contributed by atoms with Crippen molar-refractivity contribution in [1.82, 2.24) is 0 Å². The van der Waals surface area contributed by atoms with Crippen LogP contribution in [0.1, 0.15) is 89.7 Å². The van der Waals surface area contributed by atoms with Crippen molar-refractivity contribution in [3.8, 4) is 23.0 Å². The van der Waals surface area contributed by atoms with Crippen LogP contribution in [0.5, 0.6) is 23.0 Å². The van der Waals surface area contributed by atoms with Gasteiger partial charge in [0.1, 0.15) is 6.29 Å². The van der Waals surface area contributed by atoms with Crippen LogP contribution in [0, 0.1) is 12.8 Å². The summed E-state index contributed by atoms with van der Waals surface area (Å²) in [6, 6.07) is 11.5. The van der Waals surface area contributed by atoms with Crippen LogP contribution < -0.4 is 18.9 Å². The van der Waals surface area contributed by atoms with Crippen molar-refractivity contribution in [2.24, 2.45) is 5.92 Å². The van der Waals surface area contributed by atoms with Crippen LogP contribution >= 0.6 is 0 Å². The van der Waals surface area contributed by atoms with Gasteiger partial charge in [0.05, 0.1) is 0 Å². The molecule has 0 N–H and O–H groups in total. The molecule has 0 aliphatic carbocycles. The maximum absolute atomic E-state index is 11.2. The first-order valence-corrected chi connectivity index (χ1v) is 15.7. The Bertz CT molecular complexity index is 1150. The molecule has 2 aliphatic rings. The van der Waals surface area contributed by atoms with Gasteiger partial charge in [-0.05, 0) is 80.0 Å². The molecule has 0 atom stereocenters. The van der Waals surface area contributed by atoms with E-state index >= 15 is 0 Å². The highest BCUT2D eigenvalue weighted by Crippen LogP contribution is 2.31. The number of benzene rings is 2. The van der Waals surface area contributed by atoms with Crippen molar-refractivity contribution in [3.05, 3.63) is 59.7 Å². The molecule has 0 aromatic heterocycles. The number of carbonyl (C=O) groups excluding carboxylic acids is 3. The Hall–Kier alpha value is -3.61. The zero-order chi connectivity index (χ0) is 31.3. The summed E-state index contributed by atoms with van der Waals surface area (Å²) in [6.07, 6.45) is 17.0. The molecule has 2 aromatic rings. The maximum Gasteiger partial charge on any atom is 0.207 e. The smallest absolute Gasteiger partial charge is 0.207 e. The van der Waals surface area contributed by atoms with Crippen molar-refractivity contribution in [2.45, 2.75) is 91.9 Å². The van der Waals surface area contributed by atoms with Gasteiger partial charge < -0.3 is 18.9 Å². The number of hydrogen-bond donors (Lipinski definition) is 0. The third-order valence-corrected chi connectivity index (χ3v) is 6.86. The van der Waals surface area contributed by atoms with Gasteiger partial charge in [0.2, 0.25) is 11.6 Å². The quantitative estimate of drug-likeness (QED) is 0.141. The summed E-state index contributed by atoms with van der Waals surface area (Å²) in [5.74, 6) is 3.30. The maximum atomic E-state index is 11.2. The third-order valence-electron chi connectivity index (χ3n) is 6.86. The van der Waals surface area contributed by atoms with Crippen molar-refractivity contribution in [2.75, 3.05) is 26.4 Å². The minimum Gasteiger partial charge on any atom is -0.482 e. The molecule has 0 unspecified atom stereocenters. The number of unbranched alkanes of at least 4 members (excludes halogenated alkanes) is 7. The van der Waals surface area contributed by atoms with E-state index in [1.807, 2.05) is 49.4 Å². The van der Waals surface area contributed by atoms with Crippen LogP contribution in [0.15, 0.2) is 48.6 Å². The molecule has 0 amide bonds. The van der Waals surface area contributed by atoms with Gasteiger partial charge in [-0.25, -0.2) is 0 Å². The average molecular weight is 595 g/mol. The van der Waals surface area contributed by atoms with Gasteiger partial charge in [0.15, 0.2) is 49.4 Å². The highest BCUT2D eigenvalue weighted by atomic mass is 16.5. The van der Waals surface area contributed by atoms with Gasteiger partial charge in [-0.3, -0.25) is 14.4 Å². The molecule has 0 fully saturated rings. The predicted molar refractivity (Wildman–Crippen MR) is 171 cm³/mol. The standard InChI is InChI=1S/C14H18O3.C12H22O.C10H10O3/c1-10(2)3-4-11-5-6-13-14(7-11)17-9-12(15)8-16-13;1-2-3-4-5-6-7-8-9-10-11-12-13;1-7-2-3-9-10(4-7)13-6-8(11)5-12-9/h5-7,10H,3-4,8-9H2,1-2H3;10-12H,2-9H2,1H3;2-4H,5-6H2,1H3/b;11-10+;. The van der Waals surface area contributed by atoms with Gasteiger partial charge in [0, 0.05) is 0 Å². The number of aldehydes is 1. The van der Waals surface area contributed by atoms with Crippen LogP contribution in [0.3, 0.4) is 0 Å². The van der Waals surface area contributed by atoms with Gasteiger partial charge in [0.25, 0.3) is 0 Å². The number of hydrogen-bond acceptors (Lipinski definition) is 7. The number of ether oxygens (including phenoxy) is 4. The molecule has 7 heteroatoms. The van der Waals surface area contributed by atoms with Gasteiger partial charge >= 0.3 is 0 Å². The van der Waals surface area contributed by atoms with E-state index in [1.165, 1.54) is 50.5 Å². The number of fused-ring (bicyclic) bond motifs is 2. The molecule has 0 saturated carbocycles. The van der Waals surface area contributed by atoms with E-state index in [0.29, 0.717) is 28.9 Å². The molecule has 0 bridgehead atoms. The first-order valence-electron chi connectivity index (χ1n) is 15.7. The largest absolute Gasteiger partial charge is 0.482 e. The Morgan fingerprint density at radius 2 is 1.26 bits per heavy atom. The zero-order valence-electron chi connectivity index (χ0n) is 26.5. The lowest BCUT2D eigenvalue weighted by Crippen LogP contribution is -2.15. The van der Waals surface area contributed by atoms with E-state index in [9.17, 15) is 14.4 Å². The lowest BCUT2D eigenvalue weighted by Gasteiger charge is -2.09. The van der Waals surface area contributed by atoms with E-state index < -0.39 is 0 Å². The van der Waals surface area contributed by atoms with Crippen LogP contribution in [0.4, 0.5) is 0 Å². The highest BCUT2D eigenvalue weighted by Gasteiger charge is 2.16. The second kappa shape index (κ2) is 21.1. The second-order valence-electron chi connectivity index (χ2n) is 11.4. The lowest BCUT2D eigenvalue weighted by atomic mass is 10.0. The van der Waals surface area contributed by atoms with Crippen LogP contribution in [0.2, 0.25) is 0 Å². The zero-order valence-corrected chi connectivity index (χ0v) is 26.5. The SMILES string of the molecule is CC(C)CCc1ccc2c(c1)OCC(=O)CO2.CCCCCCCCC/C=C/C=O.Cc1ccc2c(c1)OCC(=O)CO2. The van der Waals surface area contributed by atoms with Crippen LogP contribution in [-0.4, -0.2) is 44.3 Å². The van der Waals surface area contributed by atoms with Crippen molar-refractivity contribution in [3.63, 3.8) is 0 Å². The summed E-state index contributed by atoms with van der Waals surface area (Å²) < 4.78 is 21.3. The Morgan fingerprint density at radius 3 is 1.84 bits per heavy atom. The predicted octanol–water partition coefficient (Wildman–Crippen LogP) is 7.83. The Kier molecular flexibility index (Phi) is 17.5. The number of carbonyl (C=O) groups is 3. The molecular weight excluding hydrogens is 544 g/mol. The summed E-state index contributed by atoms with van der Waals surface area (Å²) in [4.78, 5) is 32.1. The number of rotatable bonds is 12. The molecule has 2 aliphatic heterocycles. The van der Waals surface area contributed by atoms with Crippen LogP contribution in [0.25, 0.3) is 0 Å². The summed E-state index contributed by atoms with van der Waals surface area (Å²) in [5.41, 5.74) is 2.33. The molecule has 2 aromatic carbocycles. The second-order valence-corrected chi connectivity index (χ2v) is 11.4. The molecule has 7 nitrogen and oxygen atoms in total. The minimum atomic E-state index is -0.0335. The van der Waals surface area contributed by atoms with Crippen molar-refractivity contribution in [1.29, 1.82) is 0 Å². The first kappa shape index (κ1) is 35.6. The number of aryl methyl sites for hydroxylation is 2. The summed E-state index contributed by atoms with van der Waals surface area (Å²) in [7, 11) is 0. The lowest BCUT2D eigenvalue weighted by molar-refractivity contribution is -0.122. The van der Waals surface area contributed by atoms with Gasteiger partial charge in [-0.2, -0.15) is 0 Å². The summed E-state index contributed by atoms with van der Waals surface area (Å²) in [6.45, 7) is 9.06. The molecule has 0 saturated heterocycles. The molecule has 4 rings (SSSR count). The molecule has 43 heavy (non-hydrogen) atoms. The highest BCUT2D eigenvalue weighted by molar-refractivity contribution is 5.82. The molecule has 236 valence electrons. The fourth-order valence-corrected chi connectivity index (χ4v) is 4.33. The van der Waals surface area contributed by atoms with E-state index in [1.54, 1.807) is 6.08 Å². The monoisotopic (exact) mass is 594 g/mol. The van der Waals surface area contributed by atoms with E-state index in [-0.39, 0.29) is 38.0 Å². The van der Waals surface area contributed by atoms with Crippen molar-refractivity contribution < 1.29 is 33.3 Å². The number of ketones is 2. The molecular formula is C36H50O7. The average Bonchev–Trinajstić information content (AvgIpc) is 3.30. The fraction of sp³-hybridized carbons (Fsp3) is 0.528. The minimum absolute atomic E-state index is 0.0232. The van der Waals surface area contributed by atoms with E-state index in [0.717, 1.165) is 31.1 Å². The third kappa shape index (κ3) is 15.4. The molecule has 0 radical (unpaired) electrons. The number of allylic oxidation sites excluding steroid dienone is 2. The Labute approximate surface area is 257 Å². The van der Waals surface area contributed by atoms with Crippen molar-refractivity contribution >= 4 is 17.9 Å². The normalized spacial score (nSPS) is 13.8. The topological polar surface area (TPSA) is 88.1 Å². The molecule has 0 spiro atoms. The van der Waals surface area contributed by atoms with E-state index in [2.05, 4.69) is 20.8 Å².